The molecular formula is C44H29N3. The van der Waals surface area contributed by atoms with E-state index in [9.17, 15) is 15.8 Å². The van der Waals surface area contributed by atoms with Gasteiger partial charge in [-0.3, -0.25) is 0 Å². The van der Waals surface area contributed by atoms with Crippen LogP contribution in [-0.4, -0.2) is 0 Å². The standard InChI is InChI=1S/C44H29N3/c1-25-4-10-28(11-5-25)34-19-40-39(18-33(34)24-47)44-41-20-35(29-12-6-26(2)7-13-29)31(22-45)16-37(41)43(40)38-17-32(23-46)36(21-42(38)44)30-14-8-27(3)9-15-30/h4-21,43-44H,1-3H3. The molecule has 3 heteroatoms. The third-order valence-electron chi connectivity index (χ3n) is 9.98. The topological polar surface area (TPSA) is 71.4 Å². The largest absolute Gasteiger partial charge is 0.192 e. The zero-order chi connectivity index (χ0) is 32.4. The summed E-state index contributed by atoms with van der Waals surface area (Å²) < 4.78 is 0. The SMILES string of the molecule is Cc1ccc(-c2cc3c(cc2C#N)C2c4cc(-c5ccc(C)cc5)c(C#N)cc4C3c3cc(C#N)c(-c4ccc(C)cc4)cc32)cc1. The minimum Gasteiger partial charge on any atom is -0.192 e. The highest BCUT2D eigenvalue weighted by Crippen LogP contribution is 2.58. The van der Waals surface area contributed by atoms with Crippen LogP contribution >= 0.6 is 0 Å². The molecule has 0 atom stereocenters. The first-order valence-corrected chi connectivity index (χ1v) is 15.8. The van der Waals surface area contributed by atoms with E-state index in [2.05, 4.69) is 148 Å². The van der Waals surface area contributed by atoms with E-state index >= 15 is 0 Å². The van der Waals surface area contributed by atoms with Gasteiger partial charge in [0.1, 0.15) is 0 Å². The quantitative estimate of drug-likeness (QED) is 0.203. The fourth-order valence-corrected chi connectivity index (χ4v) is 7.60. The Bertz CT molecular complexity index is 2280. The van der Waals surface area contributed by atoms with Gasteiger partial charge in [0.05, 0.1) is 34.9 Å². The van der Waals surface area contributed by atoms with E-state index < -0.39 is 0 Å². The van der Waals surface area contributed by atoms with Crippen molar-refractivity contribution in [3.8, 4) is 51.6 Å². The van der Waals surface area contributed by atoms with Gasteiger partial charge in [-0.15, -0.1) is 0 Å². The molecule has 3 aliphatic rings. The monoisotopic (exact) mass is 599 g/mol. The van der Waals surface area contributed by atoms with Gasteiger partial charge >= 0.3 is 0 Å². The molecule has 220 valence electrons. The van der Waals surface area contributed by atoms with Gasteiger partial charge in [0, 0.05) is 11.8 Å². The molecule has 0 N–H and O–H groups in total. The molecule has 0 saturated heterocycles. The average Bonchev–Trinajstić information content (AvgIpc) is 3.10. The van der Waals surface area contributed by atoms with Crippen molar-refractivity contribution in [2.24, 2.45) is 0 Å². The molecule has 2 bridgehead atoms. The van der Waals surface area contributed by atoms with E-state index in [1.54, 1.807) is 0 Å². The maximum absolute atomic E-state index is 10.4. The molecule has 3 aliphatic carbocycles. The van der Waals surface area contributed by atoms with E-state index in [4.69, 9.17) is 0 Å². The first-order chi connectivity index (χ1) is 22.9. The Morgan fingerprint density at radius 2 is 0.596 bits per heavy atom. The smallest absolute Gasteiger partial charge is 0.0998 e. The fourth-order valence-electron chi connectivity index (χ4n) is 7.60. The zero-order valence-electron chi connectivity index (χ0n) is 26.4. The summed E-state index contributed by atoms with van der Waals surface area (Å²) in [5.41, 5.74) is 17.8. The maximum atomic E-state index is 10.4. The van der Waals surface area contributed by atoms with Gasteiger partial charge in [-0.2, -0.15) is 15.8 Å². The highest BCUT2D eigenvalue weighted by atomic mass is 14.5. The number of rotatable bonds is 3. The normalized spacial score (nSPS) is 15.1. The van der Waals surface area contributed by atoms with Crippen molar-refractivity contribution in [2.75, 3.05) is 0 Å². The Hall–Kier alpha value is -6.21. The lowest BCUT2D eigenvalue weighted by molar-refractivity contribution is 0.754. The van der Waals surface area contributed by atoms with Crippen molar-refractivity contribution in [2.45, 2.75) is 32.6 Å². The van der Waals surface area contributed by atoms with Gasteiger partial charge in [-0.1, -0.05) is 89.5 Å². The van der Waals surface area contributed by atoms with Crippen molar-refractivity contribution < 1.29 is 0 Å². The van der Waals surface area contributed by atoms with Crippen LogP contribution in [-0.2, 0) is 0 Å². The minimum atomic E-state index is -0.185. The Morgan fingerprint density at radius 3 is 0.830 bits per heavy atom. The highest BCUT2D eigenvalue weighted by Gasteiger charge is 2.43. The second kappa shape index (κ2) is 10.7. The second-order valence-corrected chi connectivity index (χ2v) is 12.9. The maximum Gasteiger partial charge on any atom is 0.0998 e. The summed E-state index contributed by atoms with van der Waals surface area (Å²) in [6.45, 7) is 6.19. The third kappa shape index (κ3) is 4.39. The molecule has 0 spiro atoms. The molecule has 0 fully saturated rings. The number of benzene rings is 6. The predicted octanol–water partition coefficient (Wildman–Crippen LogP) is 10.2. The number of nitriles is 3. The third-order valence-corrected chi connectivity index (χ3v) is 9.98. The Balaban J connectivity index is 1.42. The zero-order valence-corrected chi connectivity index (χ0v) is 26.4. The molecule has 0 unspecified atom stereocenters. The van der Waals surface area contributed by atoms with Gasteiger partial charge in [0.2, 0.25) is 0 Å². The Labute approximate surface area is 275 Å². The first kappa shape index (κ1) is 28.3. The molecule has 9 rings (SSSR count). The van der Waals surface area contributed by atoms with Crippen LogP contribution < -0.4 is 0 Å². The molecule has 3 nitrogen and oxygen atoms in total. The summed E-state index contributed by atoms with van der Waals surface area (Å²) in [5, 5.41) is 31.3. The summed E-state index contributed by atoms with van der Waals surface area (Å²) in [4.78, 5) is 0. The van der Waals surface area contributed by atoms with Gasteiger partial charge in [-0.25, -0.2) is 0 Å². The van der Waals surface area contributed by atoms with E-state index in [0.29, 0.717) is 16.7 Å². The Kier molecular flexibility index (Phi) is 6.44. The molecule has 6 aromatic carbocycles. The van der Waals surface area contributed by atoms with Crippen molar-refractivity contribution in [1.82, 2.24) is 0 Å². The van der Waals surface area contributed by atoms with Crippen molar-refractivity contribution >= 4 is 0 Å². The van der Waals surface area contributed by atoms with Crippen molar-refractivity contribution in [1.29, 1.82) is 15.8 Å². The highest BCUT2D eigenvalue weighted by molar-refractivity contribution is 5.83. The van der Waals surface area contributed by atoms with Crippen LogP contribution in [0.3, 0.4) is 0 Å². The summed E-state index contributed by atoms with van der Waals surface area (Å²) in [5.74, 6) is -0.344. The molecule has 0 heterocycles. The van der Waals surface area contributed by atoms with Crippen LogP contribution in [0.1, 0.15) is 78.6 Å². The van der Waals surface area contributed by atoms with Crippen LogP contribution in [0, 0.1) is 54.8 Å². The number of aryl methyl sites for hydroxylation is 3. The molecule has 47 heavy (non-hydrogen) atoms. The predicted molar refractivity (Wildman–Crippen MR) is 186 cm³/mol. The molecular weight excluding hydrogens is 571 g/mol. The first-order valence-electron chi connectivity index (χ1n) is 15.8. The molecule has 0 aliphatic heterocycles. The summed E-state index contributed by atoms with van der Waals surface area (Å²) in [6, 6.07) is 45.2. The summed E-state index contributed by atoms with van der Waals surface area (Å²) in [7, 11) is 0. The van der Waals surface area contributed by atoms with Crippen LogP contribution in [0.25, 0.3) is 33.4 Å². The molecule has 6 aromatic rings. The van der Waals surface area contributed by atoms with Crippen LogP contribution in [0.5, 0.6) is 0 Å². The molecule has 0 aromatic heterocycles. The van der Waals surface area contributed by atoms with Gasteiger partial charge in [0.25, 0.3) is 0 Å². The van der Waals surface area contributed by atoms with Crippen LogP contribution in [0.4, 0.5) is 0 Å². The van der Waals surface area contributed by atoms with Crippen LogP contribution in [0.2, 0.25) is 0 Å². The molecule has 0 radical (unpaired) electrons. The van der Waals surface area contributed by atoms with Crippen molar-refractivity contribution in [3.05, 3.63) is 176 Å². The summed E-state index contributed by atoms with van der Waals surface area (Å²) in [6.07, 6.45) is 0. The van der Waals surface area contributed by atoms with Gasteiger partial charge < -0.3 is 0 Å². The molecule has 0 saturated carbocycles. The lowest BCUT2D eigenvalue weighted by Gasteiger charge is -2.43. The fraction of sp³-hybridized carbons (Fsp3) is 0.114. The Morgan fingerprint density at radius 1 is 0.362 bits per heavy atom. The lowest BCUT2D eigenvalue weighted by Crippen LogP contribution is -2.28. The minimum absolute atomic E-state index is 0.159. The van der Waals surface area contributed by atoms with E-state index in [0.717, 1.165) is 83.5 Å². The number of hydrogen-bond acceptors (Lipinski definition) is 3. The van der Waals surface area contributed by atoms with Gasteiger partial charge in [0.15, 0.2) is 0 Å². The van der Waals surface area contributed by atoms with Crippen molar-refractivity contribution in [3.63, 3.8) is 0 Å². The number of nitrogens with zero attached hydrogens (tertiary/aromatic N) is 3. The van der Waals surface area contributed by atoms with E-state index in [-0.39, 0.29) is 11.8 Å². The number of hydrogen-bond donors (Lipinski definition) is 0. The van der Waals surface area contributed by atoms with E-state index in [1.165, 1.54) is 0 Å². The average molecular weight is 600 g/mol. The summed E-state index contributed by atoms with van der Waals surface area (Å²) >= 11 is 0. The van der Waals surface area contributed by atoms with E-state index in [1.807, 2.05) is 0 Å². The van der Waals surface area contributed by atoms with Crippen LogP contribution in [0.15, 0.2) is 109 Å². The second-order valence-electron chi connectivity index (χ2n) is 12.9. The lowest BCUT2D eigenvalue weighted by atomic mass is 9.59. The van der Waals surface area contributed by atoms with Gasteiger partial charge in [-0.05, 0) is 124 Å². The molecule has 0 amide bonds.